The van der Waals surface area contributed by atoms with E-state index >= 15 is 0 Å². The van der Waals surface area contributed by atoms with E-state index in [0.29, 0.717) is 29.9 Å². The Morgan fingerprint density at radius 3 is 2.95 bits per heavy atom. The zero-order chi connectivity index (χ0) is 14.3. The van der Waals surface area contributed by atoms with Gasteiger partial charge in [0.1, 0.15) is 4.88 Å². The highest BCUT2D eigenvalue weighted by Gasteiger charge is 2.17. The number of aliphatic hydroxyl groups excluding tert-OH is 1. The first-order valence-corrected chi connectivity index (χ1v) is 6.83. The lowest BCUT2D eigenvalue weighted by molar-refractivity contribution is 0.0532. The van der Waals surface area contributed by atoms with Gasteiger partial charge in [0.15, 0.2) is 0 Å². The number of hydrogen-bond donors (Lipinski definition) is 3. The van der Waals surface area contributed by atoms with E-state index in [9.17, 15) is 4.79 Å². The summed E-state index contributed by atoms with van der Waals surface area (Å²) in [7, 11) is 0. The normalized spacial score (nSPS) is 10.8. The van der Waals surface area contributed by atoms with Crippen LogP contribution in [-0.2, 0) is 11.2 Å². The average molecular weight is 282 g/mol. The Kier molecular flexibility index (Phi) is 6.24. The van der Waals surface area contributed by atoms with E-state index in [1.807, 2.05) is 0 Å². The molecule has 0 aliphatic heterocycles. The van der Waals surface area contributed by atoms with E-state index in [2.05, 4.69) is 0 Å². The second-order valence-electron chi connectivity index (χ2n) is 3.77. The molecule has 104 valence electrons. The maximum Gasteiger partial charge on any atom is 0.348 e. The molecule has 6 heteroatoms. The third kappa shape index (κ3) is 4.18. The van der Waals surface area contributed by atoms with Crippen LogP contribution >= 0.6 is 11.3 Å². The van der Waals surface area contributed by atoms with Gasteiger partial charge in [0, 0.05) is 17.0 Å². The van der Waals surface area contributed by atoms with E-state index < -0.39 is 0 Å². The highest BCUT2D eigenvalue weighted by atomic mass is 32.1. The summed E-state index contributed by atoms with van der Waals surface area (Å²) in [5.41, 5.74) is 6.20. The highest BCUT2D eigenvalue weighted by molar-refractivity contribution is 7.14. The molecular weight excluding hydrogens is 264 g/mol. The monoisotopic (exact) mass is 282 g/mol. The molecule has 0 radical (unpaired) electrons. The van der Waals surface area contributed by atoms with Crippen LogP contribution in [0.1, 0.15) is 33.5 Å². The van der Waals surface area contributed by atoms with Crippen LogP contribution in [-0.4, -0.2) is 30.0 Å². The lowest BCUT2D eigenvalue weighted by atomic mass is 10.1. The van der Waals surface area contributed by atoms with Gasteiger partial charge in [-0.25, -0.2) is 4.79 Å². The predicted octanol–water partition coefficient (Wildman–Crippen LogP) is 1.69. The molecule has 0 bridgehead atoms. The molecule has 0 saturated carbocycles. The number of thiophene rings is 1. The first kappa shape index (κ1) is 15.4. The lowest BCUT2D eigenvalue weighted by Gasteiger charge is -2.00. The average Bonchev–Trinajstić information content (AvgIpc) is 2.81. The van der Waals surface area contributed by atoms with Gasteiger partial charge in [-0.3, -0.25) is 0 Å². The van der Waals surface area contributed by atoms with Gasteiger partial charge in [0.25, 0.3) is 0 Å². The summed E-state index contributed by atoms with van der Waals surface area (Å²) >= 11 is 1.30. The summed E-state index contributed by atoms with van der Waals surface area (Å²) in [6.07, 6.45) is 3.98. The van der Waals surface area contributed by atoms with Gasteiger partial charge >= 0.3 is 5.97 Å². The first-order chi connectivity index (χ1) is 9.13. The van der Waals surface area contributed by atoms with Crippen LogP contribution in [0.4, 0.5) is 0 Å². The van der Waals surface area contributed by atoms with Crippen molar-refractivity contribution in [3.05, 3.63) is 33.7 Å². The summed E-state index contributed by atoms with van der Waals surface area (Å²) in [6.45, 7) is 2.14. The minimum Gasteiger partial charge on any atom is -0.462 e. The minimum atomic E-state index is -0.381. The highest BCUT2D eigenvalue weighted by Crippen LogP contribution is 2.25. The van der Waals surface area contributed by atoms with Crippen LogP contribution in [0.3, 0.4) is 0 Å². The molecule has 1 aromatic heterocycles. The second kappa shape index (κ2) is 7.70. The van der Waals surface area contributed by atoms with Gasteiger partial charge in [0.05, 0.1) is 12.3 Å². The summed E-state index contributed by atoms with van der Waals surface area (Å²) in [4.78, 5) is 13.1. The molecule has 0 unspecified atom stereocenters. The molecule has 0 saturated heterocycles. The Bertz CT molecular complexity index is 480. The number of carbonyl (C=O) groups excluding carboxylic acids is 1. The van der Waals surface area contributed by atoms with Crippen molar-refractivity contribution in [2.45, 2.75) is 19.8 Å². The molecule has 5 nitrogen and oxygen atoms in total. The van der Waals surface area contributed by atoms with Gasteiger partial charge in [-0.15, -0.1) is 11.3 Å². The Morgan fingerprint density at radius 1 is 1.63 bits per heavy atom. The summed E-state index contributed by atoms with van der Waals surface area (Å²) in [5.74, 6) is -0.381. The molecule has 1 aromatic rings. The van der Waals surface area contributed by atoms with Crippen molar-refractivity contribution in [1.29, 1.82) is 5.41 Å². The summed E-state index contributed by atoms with van der Waals surface area (Å²) < 4.78 is 4.95. The van der Waals surface area contributed by atoms with E-state index in [0.717, 1.165) is 4.88 Å². The number of ether oxygens (including phenoxy) is 1. The number of nitrogens with one attached hydrogen (secondary N) is 1. The predicted molar refractivity (Wildman–Crippen MR) is 75.8 cm³/mol. The fraction of sp³-hybridized carbons (Fsp3) is 0.385. The molecule has 4 N–H and O–H groups in total. The number of aliphatic hydroxyl groups is 1. The maximum absolute atomic E-state index is 11.7. The molecule has 1 heterocycles. The third-order valence-corrected chi connectivity index (χ3v) is 3.58. The minimum absolute atomic E-state index is 0.0755. The molecular formula is C13H18N2O3S. The van der Waals surface area contributed by atoms with Crippen molar-refractivity contribution in [1.82, 2.24) is 0 Å². The zero-order valence-corrected chi connectivity index (χ0v) is 11.6. The Morgan fingerprint density at radius 2 is 2.37 bits per heavy atom. The van der Waals surface area contributed by atoms with Crippen LogP contribution in [0.2, 0.25) is 0 Å². The van der Waals surface area contributed by atoms with E-state index in [4.69, 9.17) is 21.0 Å². The number of rotatable bonds is 7. The Balaban J connectivity index is 3.04. The molecule has 19 heavy (non-hydrogen) atoms. The maximum atomic E-state index is 11.7. The van der Waals surface area contributed by atoms with Crippen LogP contribution < -0.4 is 5.73 Å². The quantitative estimate of drug-likeness (QED) is 0.523. The molecule has 1 rings (SSSR count). The zero-order valence-electron chi connectivity index (χ0n) is 10.8. The molecule has 0 fully saturated rings. The fourth-order valence-corrected chi connectivity index (χ4v) is 2.68. The van der Waals surface area contributed by atoms with E-state index in [1.54, 1.807) is 13.0 Å². The first-order valence-electron chi connectivity index (χ1n) is 6.01. The van der Waals surface area contributed by atoms with E-state index in [1.165, 1.54) is 23.6 Å². The van der Waals surface area contributed by atoms with Crippen molar-refractivity contribution >= 4 is 23.0 Å². The SMILES string of the molecule is CCOC(=O)c1cc(C(=N)/C=C\N)c(CCCO)s1. The molecule has 0 aliphatic carbocycles. The van der Waals surface area contributed by atoms with Gasteiger partial charge in [-0.05, 0) is 38.1 Å². The van der Waals surface area contributed by atoms with Crippen molar-refractivity contribution < 1.29 is 14.6 Å². The van der Waals surface area contributed by atoms with Gasteiger partial charge in [-0.1, -0.05) is 0 Å². The lowest BCUT2D eigenvalue weighted by Crippen LogP contribution is -2.02. The number of nitrogens with two attached hydrogens (primary N) is 1. The van der Waals surface area contributed by atoms with Crippen LogP contribution in [0.5, 0.6) is 0 Å². The standard InChI is InChI=1S/C13H18N2O3S/c1-2-18-13(17)12-8-9(10(15)5-6-14)11(19-12)4-3-7-16/h5-6,8,15-16H,2-4,7,14H2,1H3/b6-5-,15-10?. The molecule has 0 aromatic carbocycles. The third-order valence-electron chi connectivity index (χ3n) is 2.40. The number of esters is 1. The van der Waals surface area contributed by atoms with Gasteiger partial charge in [-0.2, -0.15) is 0 Å². The van der Waals surface area contributed by atoms with Crippen LogP contribution in [0, 0.1) is 5.41 Å². The Hall–Kier alpha value is -1.66. The largest absolute Gasteiger partial charge is 0.462 e. The number of allylic oxidation sites excluding steroid dienone is 1. The second-order valence-corrected chi connectivity index (χ2v) is 4.90. The molecule has 0 amide bonds. The molecule has 0 atom stereocenters. The summed E-state index contributed by atoms with van der Waals surface area (Å²) in [6, 6.07) is 1.65. The van der Waals surface area contributed by atoms with Crippen molar-refractivity contribution in [2.75, 3.05) is 13.2 Å². The molecule has 0 spiro atoms. The number of aryl methyl sites for hydroxylation is 1. The van der Waals surface area contributed by atoms with E-state index in [-0.39, 0.29) is 18.3 Å². The van der Waals surface area contributed by atoms with Crippen LogP contribution in [0.15, 0.2) is 18.3 Å². The van der Waals surface area contributed by atoms with Crippen molar-refractivity contribution in [3.8, 4) is 0 Å². The van der Waals surface area contributed by atoms with Crippen molar-refractivity contribution in [3.63, 3.8) is 0 Å². The van der Waals surface area contributed by atoms with Crippen molar-refractivity contribution in [2.24, 2.45) is 5.73 Å². The van der Waals surface area contributed by atoms with Gasteiger partial charge < -0.3 is 21.0 Å². The smallest absolute Gasteiger partial charge is 0.348 e. The number of hydrogen-bond acceptors (Lipinski definition) is 6. The van der Waals surface area contributed by atoms with Gasteiger partial charge in [0.2, 0.25) is 0 Å². The molecule has 0 aliphatic rings. The summed E-state index contributed by atoms with van der Waals surface area (Å²) in [5, 5.41) is 16.8. The fourth-order valence-electron chi connectivity index (χ4n) is 1.57. The number of carbonyl (C=O) groups is 1. The Labute approximate surface area is 116 Å². The topological polar surface area (TPSA) is 96.4 Å². The van der Waals surface area contributed by atoms with Crippen LogP contribution in [0.25, 0.3) is 0 Å².